The van der Waals surface area contributed by atoms with Crippen LogP contribution in [0.15, 0.2) is 34.7 Å². The molecule has 8 nitrogen and oxygen atoms in total. The van der Waals surface area contributed by atoms with Gasteiger partial charge >= 0.3 is 11.9 Å². The number of hydrogen-bond acceptors (Lipinski definition) is 8. The van der Waals surface area contributed by atoms with E-state index in [0.29, 0.717) is 30.4 Å². The standard InChI is InChI=1S/C28H34O8/c1-14(29)34-19-11-17-24(2,3)22(31)21-23(35-21)27(17,6)16-7-9-25(4)18(26(16,19)5)12-20(30)36-28(25,32)15-8-10-33-13-15/h8,10,12-13,16-17,19,21,23,32H,7,9,11H2,1-6H3/t16-,17-,19+,21-,23-,25+,26+,27+,28+/m0/s1. The van der Waals surface area contributed by atoms with Gasteiger partial charge in [-0.2, -0.15) is 0 Å². The molecular weight excluding hydrogens is 464 g/mol. The molecule has 3 aliphatic carbocycles. The van der Waals surface area contributed by atoms with Crippen molar-refractivity contribution in [1.29, 1.82) is 0 Å². The number of hydrogen-bond donors (Lipinski definition) is 1. The number of esters is 2. The van der Waals surface area contributed by atoms with Crippen LogP contribution in [0.1, 0.15) is 66.4 Å². The normalized spacial score (nSPS) is 48.4. The first kappa shape index (κ1) is 23.9. The van der Waals surface area contributed by atoms with Crippen molar-refractivity contribution in [3.63, 3.8) is 0 Å². The van der Waals surface area contributed by atoms with E-state index in [2.05, 4.69) is 6.92 Å². The summed E-state index contributed by atoms with van der Waals surface area (Å²) in [5, 5.41) is 12.0. The van der Waals surface area contributed by atoms with Crippen LogP contribution in [0, 0.1) is 33.5 Å². The Bertz CT molecular complexity index is 1200. The van der Waals surface area contributed by atoms with Crippen LogP contribution in [0.25, 0.3) is 0 Å². The number of epoxide rings is 1. The first-order valence-corrected chi connectivity index (χ1v) is 12.8. The lowest BCUT2D eigenvalue weighted by Crippen LogP contribution is -2.69. The monoisotopic (exact) mass is 498 g/mol. The third kappa shape index (κ3) is 2.59. The SMILES string of the molecule is CC(=O)O[C@@H]1C[C@H]2C(C)(C)C(=O)[C@@H]3O[C@@H]3[C@]2(C)[C@H]2CC[C@]3(C)C(=CC(=O)O[C@]3(O)c3ccoc3)[C@]12C. The van der Waals surface area contributed by atoms with Gasteiger partial charge in [-0.3, -0.25) is 9.59 Å². The molecule has 8 heteroatoms. The largest absolute Gasteiger partial charge is 0.472 e. The summed E-state index contributed by atoms with van der Waals surface area (Å²) in [4.78, 5) is 38.7. The second kappa shape index (κ2) is 6.90. The van der Waals surface area contributed by atoms with Crippen LogP contribution < -0.4 is 0 Å². The molecule has 1 aromatic rings. The maximum atomic E-state index is 13.2. The Morgan fingerprint density at radius 2 is 1.86 bits per heavy atom. The molecule has 36 heavy (non-hydrogen) atoms. The number of Topliss-reactive ketones (excluding diaryl/α,β-unsaturated/α-hetero) is 1. The Morgan fingerprint density at radius 1 is 1.14 bits per heavy atom. The van der Waals surface area contributed by atoms with Crippen molar-refractivity contribution in [2.45, 2.75) is 84.9 Å². The van der Waals surface area contributed by atoms with Gasteiger partial charge in [-0.25, -0.2) is 4.79 Å². The lowest BCUT2D eigenvalue weighted by atomic mass is 9.36. The highest BCUT2D eigenvalue weighted by molar-refractivity contribution is 5.93. The van der Waals surface area contributed by atoms with Crippen molar-refractivity contribution in [2.24, 2.45) is 33.5 Å². The van der Waals surface area contributed by atoms with Crippen molar-refractivity contribution in [3.05, 3.63) is 35.8 Å². The van der Waals surface area contributed by atoms with Gasteiger partial charge in [0.05, 0.1) is 23.3 Å². The molecule has 0 aromatic carbocycles. The smallest absolute Gasteiger partial charge is 0.333 e. The summed E-state index contributed by atoms with van der Waals surface area (Å²) in [6.07, 6.45) is 4.76. The third-order valence-corrected chi connectivity index (χ3v) is 10.8. The molecule has 0 unspecified atom stereocenters. The number of ketones is 1. The molecule has 3 saturated carbocycles. The number of ether oxygens (including phenoxy) is 3. The van der Waals surface area contributed by atoms with Gasteiger partial charge in [0.15, 0.2) is 5.78 Å². The van der Waals surface area contributed by atoms with Gasteiger partial charge in [0.25, 0.3) is 5.79 Å². The molecule has 1 saturated heterocycles. The molecular formula is C28H34O8. The van der Waals surface area contributed by atoms with Crippen molar-refractivity contribution < 1.29 is 38.1 Å². The van der Waals surface area contributed by atoms with Gasteiger partial charge in [-0.15, -0.1) is 0 Å². The molecule has 5 aliphatic rings. The first-order valence-electron chi connectivity index (χ1n) is 12.8. The zero-order chi connectivity index (χ0) is 26.1. The van der Waals surface area contributed by atoms with Gasteiger partial charge in [0.1, 0.15) is 18.5 Å². The highest BCUT2D eigenvalue weighted by atomic mass is 16.7. The summed E-state index contributed by atoms with van der Waals surface area (Å²) >= 11 is 0. The minimum atomic E-state index is -1.94. The summed E-state index contributed by atoms with van der Waals surface area (Å²) in [5.74, 6) is -3.03. The first-order chi connectivity index (χ1) is 16.7. The maximum absolute atomic E-state index is 13.2. The number of cyclic esters (lactones) is 1. The Labute approximate surface area is 210 Å². The molecule has 2 aliphatic heterocycles. The Balaban J connectivity index is 1.55. The minimum absolute atomic E-state index is 0.0608. The second-order valence-electron chi connectivity index (χ2n) is 12.7. The predicted octanol–water partition coefficient (Wildman–Crippen LogP) is 3.66. The van der Waals surface area contributed by atoms with Crippen LogP contribution in [0.3, 0.4) is 0 Å². The van der Waals surface area contributed by atoms with E-state index in [9.17, 15) is 19.5 Å². The van der Waals surface area contributed by atoms with E-state index in [1.54, 1.807) is 6.07 Å². The molecule has 4 fully saturated rings. The molecule has 194 valence electrons. The van der Waals surface area contributed by atoms with Crippen LogP contribution in [0.2, 0.25) is 0 Å². The molecule has 9 atom stereocenters. The average Bonchev–Trinajstić information content (AvgIpc) is 3.40. The number of fused-ring (bicyclic) bond motifs is 7. The number of aliphatic hydroxyl groups is 1. The second-order valence-corrected chi connectivity index (χ2v) is 12.7. The van der Waals surface area contributed by atoms with Crippen LogP contribution >= 0.6 is 0 Å². The quantitative estimate of drug-likeness (QED) is 0.485. The van der Waals surface area contributed by atoms with Crippen molar-refractivity contribution in [3.8, 4) is 0 Å². The summed E-state index contributed by atoms with van der Waals surface area (Å²) < 4.78 is 23.0. The van der Waals surface area contributed by atoms with E-state index in [1.807, 2.05) is 27.7 Å². The molecule has 6 rings (SSSR count). The zero-order valence-electron chi connectivity index (χ0n) is 21.6. The third-order valence-electron chi connectivity index (χ3n) is 10.8. The van der Waals surface area contributed by atoms with E-state index in [-0.39, 0.29) is 29.1 Å². The van der Waals surface area contributed by atoms with Gasteiger partial charge in [-0.05, 0) is 49.7 Å². The highest BCUT2D eigenvalue weighted by Gasteiger charge is 2.78. The van der Waals surface area contributed by atoms with Crippen LogP contribution in [0.4, 0.5) is 0 Å². The number of rotatable bonds is 2. The molecule has 1 aromatic heterocycles. The van der Waals surface area contributed by atoms with Crippen LogP contribution in [0.5, 0.6) is 0 Å². The predicted molar refractivity (Wildman–Crippen MR) is 125 cm³/mol. The summed E-state index contributed by atoms with van der Waals surface area (Å²) in [6.45, 7) is 11.5. The summed E-state index contributed by atoms with van der Waals surface area (Å²) in [7, 11) is 0. The van der Waals surface area contributed by atoms with Crippen LogP contribution in [-0.2, 0) is 34.4 Å². The minimum Gasteiger partial charge on any atom is -0.472 e. The Hall–Kier alpha value is -2.45. The number of furan rings is 1. The van der Waals surface area contributed by atoms with E-state index in [4.69, 9.17) is 18.6 Å². The summed E-state index contributed by atoms with van der Waals surface area (Å²) in [5.41, 5.74) is -1.74. The average molecular weight is 499 g/mol. The van der Waals surface area contributed by atoms with Crippen molar-refractivity contribution in [1.82, 2.24) is 0 Å². The molecule has 3 heterocycles. The van der Waals surface area contributed by atoms with Gasteiger partial charge in [0.2, 0.25) is 0 Å². The Morgan fingerprint density at radius 3 is 2.50 bits per heavy atom. The topological polar surface area (TPSA) is 116 Å². The maximum Gasteiger partial charge on any atom is 0.333 e. The number of carbonyl (C=O) groups excluding carboxylic acids is 3. The zero-order valence-corrected chi connectivity index (χ0v) is 21.6. The molecule has 0 bridgehead atoms. The summed E-state index contributed by atoms with van der Waals surface area (Å²) in [6, 6.07) is 1.61. The van der Waals surface area contributed by atoms with Crippen molar-refractivity contribution in [2.75, 3.05) is 0 Å². The molecule has 1 N–H and O–H groups in total. The number of carbonyl (C=O) groups is 3. The van der Waals surface area contributed by atoms with E-state index in [0.717, 1.165) is 0 Å². The lowest BCUT2D eigenvalue weighted by Gasteiger charge is -2.68. The van der Waals surface area contributed by atoms with Gasteiger partial charge < -0.3 is 23.7 Å². The van der Waals surface area contributed by atoms with Gasteiger partial charge in [-0.1, -0.05) is 27.7 Å². The van der Waals surface area contributed by atoms with E-state index < -0.39 is 46.2 Å². The van der Waals surface area contributed by atoms with E-state index >= 15 is 0 Å². The van der Waals surface area contributed by atoms with E-state index in [1.165, 1.54) is 25.5 Å². The molecule has 0 spiro atoms. The van der Waals surface area contributed by atoms with Crippen LogP contribution in [-0.4, -0.2) is 41.1 Å². The highest BCUT2D eigenvalue weighted by Crippen LogP contribution is 2.75. The van der Waals surface area contributed by atoms with Gasteiger partial charge in [0, 0.05) is 29.2 Å². The lowest BCUT2D eigenvalue weighted by molar-refractivity contribution is -0.283. The molecule has 0 radical (unpaired) electrons. The fourth-order valence-electron chi connectivity index (χ4n) is 9.03. The Kier molecular flexibility index (Phi) is 4.58. The molecule has 0 amide bonds. The fourth-order valence-corrected chi connectivity index (χ4v) is 9.03. The fraction of sp³-hybridized carbons (Fsp3) is 0.679. The van der Waals surface area contributed by atoms with Crippen molar-refractivity contribution >= 4 is 17.7 Å².